The van der Waals surface area contributed by atoms with Crippen LogP contribution in [0.3, 0.4) is 0 Å². The van der Waals surface area contributed by atoms with E-state index in [-0.39, 0.29) is 22.4 Å². The van der Waals surface area contributed by atoms with Gasteiger partial charge >= 0.3 is 0 Å². The quantitative estimate of drug-likeness (QED) is 0.842. The second-order valence-corrected chi connectivity index (χ2v) is 3.69. The van der Waals surface area contributed by atoms with E-state index in [0.29, 0.717) is 12.1 Å². The number of benzene rings is 1. The number of rotatable bonds is 3. The third-order valence-corrected chi connectivity index (χ3v) is 2.54. The van der Waals surface area contributed by atoms with Crippen molar-refractivity contribution in [3.05, 3.63) is 22.5 Å². The van der Waals surface area contributed by atoms with E-state index in [4.69, 9.17) is 22.1 Å². The molecule has 0 radical (unpaired) electrons. The molecule has 1 aromatic rings. The fourth-order valence-electron chi connectivity index (χ4n) is 1.30. The number of phenolic OH excluding ortho intramolecular Hbond substituents is 1. The first-order chi connectivity index (χ1) is 7.02. The van der Waals surface area contributed by atoms with Gasteiger partial charge in [-0.2, -0.15) is 0 Å². The fourth-order valence-corrected chi connectivity index (χ4v) is 1.50. The summed E-state index contributed by atoms with van der Waals surface area (Å²) in [5, 5.41) is 9.63. The Morgan fingerprint density at radius 2 is 2.27 bits per heavy atom. The molecule has 0 saturated carbocycles. The number of phenols is 1. The molecule has 0 bridgehead atoms. The summed E-state index contributed by atoms with van der Waals surface area (Å²) in [4.78, 5) is 0. The lowest BCUT2D eigenvalue weighted by molar-refractivity contribution is 0.347. The molecular weight excluding hydrogens is 221 g/mol. The first kappa shape index (κ1) is 12.1. The molecule has 84 valence electrons. The average Bonchev–Trinajstić information content (AvgIpc) is 2.23. The molecule has 15 heavy (non-hydrogen) atoms. The molecule has 0 aliphatic rings. The van der Waals surface area contributed by atoms with Crippen LogP contribution in [-0.4, -0.2) is 18.8 Å². The molecule has 1 rings (SSSR count). The molecule has 0 aromatic heterocycles. The van der Waals surface area contributed by atoms with Gasteiger partial charge in [0.05, 0.1) is 12.1 Å². The number of methoxy groups -OCH3 is 1. The third-order valence-electron chi connectivity index (χ3n) is 2.27. The molecule has 5 heteroatoms. The minimum Gasteiger partial charge on any atom is -0.504 e. The highest BCUT2D eigenvalue weighted by Gasteiger charge is 2.20. The van der Waals surface area contributed by atoms with Crippen LogP contribution < -0.4 is 10.5 Å². The van der Waals surface area contributed by atoms with Gasteiger partial charge in [-0.15, -0.1) is 0 Å². The van der Waals surface area contributed by atoms with Crippen molar-refractivity contribution in [2.75, 3.05) is 13.7 Å². The molecule has 0 fully saturated rings. The Morgan fingerprint density at radius 3 is 2.73 bits per heavy atom. The molecule has 3 N–H and O–H groups in total. The molecule has 1 unspecified atom stereocenters. The van der Waals surface area contributed by atoms with Gasteiger partial charge in [0.25, 0.3) is 0 Å². The molecule has 0 amide bonds. The van der Waals surface area contributed by atoms with Gasteiger partial charge in [-0.25, -0.2) is 4.39 Å². The minimum absolute atomic E-state index is 0.0834. The standard InChI is InChI=1S/C10H13ClFNO2/c1-5(4-13)6-3-7(11)8(12)10(15-2)9(6)14/h3,5,14H,4,13H2,1-2H3. The highest BCUT2D eigenvalue weighted by Crippen LogP contribution is 2.40. The topological polar surface area (TPSA) is 55.5 Å². The molecule has 1 atom stereocenters. The van der Waals surface area contributed by atoms with Gasteiger partial charge in [0, 0.05) is 5.56 Å². The summed E-state index contributed by atoms with van der Waals surface area (Å²) in [6.07, 6.45) is 0. The van der Waals surface area contributed by atoms with Gasteiger partial charge < -0.3 is 15.6 Å². The Kier molecular flexibility index (Phi) is 3.77. The lowest BCUT2D eigenvalue weighted by Crippen LogP contribution is -2.09. The number of ether oxygens (including phenoxy) is 1. The number of halogens is 2. The molecule has 3 nitrogen and oxygen atoms in total. The van der Waals surface area contributed by atoms with Gasteiger partial charge in [0.2, 0.25) is 0 Å². The average molecular weight is 234 g/mol. The van der Waals surface area contributed by atoms with Crippen molar-refractivity contribution < 1.29 is 14.2 Å². The van der Waals surface area contributed by atoms with Crippen LogP contribution in [0, 0.1) is 5.82 Å². The van der Waals surface area contributed by atoms with Gasteiger partial charge in [-0.05, 0) is 18.5 Å². The number of aromatic hydroxyl groups is 1. The van der Waals surface area contributed by atoms with Crippen LogP contribution in [0.15, 0.2) is 6.07 Å². The maximum atomic E-state index is 13.4. The van der Waals surface area contributed by atoms with E-state index in [0.717, 1.165) is 0 Å². The molecule has 0 aliphatic heterocycles. The maximum Gasteiger partial charge on any atom is 0.198 e. The summed E-state index contributed by atoms with van der Waals surface area (Å²) in [5.74, 6) is -1.35. The highest BCUT2D eigenvalue weighted by molar-refractivity contribution is 6.31. The molecule has 0 spiro atoms. The second-order valence-electron chi connectivity index (χ2n) is 3.28. The van der Waals surface area contributed by atoms with E-state index >= 15 is 0 Å². The van der Waals surface area contributed by atoms with Gasteiger partial charge in [0.15, 0.2) is 17.3 Å². The smallest absolute Gasteiger partial charge is 0.198 e. The van der Waals surface area contributed by atoms with E-state index in [9.17, 15) is 9.50 Å². The van der Waals surface area contributed by atoms with Crippen LogP contribution in [0.2, 0.25) is 5.02 Å². The summed E-state index contributed by atoms with van der Waals surface area (Å²) in [6, 6.07) is 1.37. The van der Waals surface area contributed by atoms with Crippen molar-refractivity contribution in [3.63, 3.8) is 0 Å². The number of nitrogens with two attached hydrogens (primary N) is 1. The Labute approximate surface area is 92.6 Å². The Balaban J connectivity index is 3.36. The molecule has 0 saturated heterocycles. The summed E-state index contributed by atoms with van der Waals surface area (Å²) in [6.45, 7) is 2.14. The highest BCUT2D eigenvalue weighted by atomic mass is 35.5. The van der Waals surface area contributed by atoms with E-state index in [1.54, 1.807) is 0 Å². The van der Waals surface area contributed by atoms with Gasteiger partial charge in [-0.3, -0.25) is 0 Å². The summed E-state index contributed by atoms with van der Waals surface area (Å²) in [7, 11) is 1.27. The normalized spacial score (nSPS) is 12.6. The number of hydrogen-bond acceptors (Lipinski definition) is 3. The van der Waals surface area contributed by atoms with E-state index in [1.807, 2.05) is 6.92 Å². The van der Waals surface area contributed by atoms with Crippen LogP contribution >= 0.6 is 11.6 Å². The van der Waals surface area contributed by atoms with E-state index < -0.39 is 5.82 Å². The van der Waals surface area contributed by atoms with Crippen molar-refractivity contribution in [2.45, 2.75) is 12.8 Å². The predicted octanol–water partition coefficient (Wildman–Crippen LogP) is 2.26. The molecule has 0 heterocycles. The van der Waals surface area contributed by atoms with Crippen LogP contribution in [0.25, 0.3) is 0 Å². The summed E-state index contributed by atoms with van der Waals surface area (Å²) < 4.78 is 18.1. The van der Waals surface area contributed by atoms with E-state index in [2.05, 4.69) is 0 Å². The fraction of sp³-hybridized carbons (Fsp3) is 0.400. The van der Waals surface area contributed by atoms with Crippen molar-refractivity contribution in [1.29, 1.82) is 0 Å². The van der Waals surface area contributed by atoms with Crippen molar-refractivity contribution >= 4 is 11.6 Å². The lowest BCUT2D eigenvalue weighted by atomic mass is 10.00. The monoisotopic (exact) mass is 233 g/mol. The van der Waals surface area contributed by atoms with Crippen molar-refractivity contribution in [2.24, 2.45) is 5.73 Å². The van der Waals surface area contributed by atoms with Crippen LogP contribution in [0.5, 0.6) is 11.5 Å². The Bertz CT molecular complexity index is 371. The Morgan fingerprint density at radius 1 is 1.67 bits per heavy atom. The first-order valence-electron chi connectivity index (χ1n) is 4.47. The van der Waals surface area contributed by atoms with Crippen LogP contribution in [0.4, 0.5) is 4.39 Å². The zero-order chi connectivity index (χ0) is 11.6. The van der Waals surface area contributed by atoms with E-state index in [1.165, 1.54) is 13.2 Å². The van der Waals surface area contributed by atoms with Gasteiger partial charge in [-0.1, -0.05) is 18.5 Å². The number of hydrogen-bond donors (Lipinski definition) is 2. The largest absolute Gasteiger partial charge is 0.504 e. The Hall–Kier alpha value is -1.00. The lowest BCUT2D eigenvalue weighted by Gasteiger charge is -2.15. The van der Waals surface area contributed by atoms with Crippen LogP contribution in [-0.2, 0) is 0 Å². The SMILES string of the molecule is COc1c(O)c(C(C)CN)cc(Cl)c1F. The minimum atomic E-state index is -0.760. The predicted molar refractivity (Wildman–Crippen MR) is 57.1 cm³/mol. The maximum absolute atomic E-state index is 13.4. The second kappa shape index (κ2) is 4.68. The summed E-state index contributed by atoms with van der Waals surface area (Å²) in [5.41, 5.74) is 5.95. The first-order valence-corrected chi connectivity index (χ1v) is 4.85. The zero-order valence-corrected chi connectivity index (χ0v) is 9.31. The van der Waals surface area contributed by atoms with Gasteiger partial charge in [0.1, 0.15) is 0 Å². The third kappa shape index (κ3) is 2.16. The van der Waals surface area contributed by atoms with Crippen LogP contribution in [0.1, 0.15) is 18.4 Å². The molecule has 0 aliphatic carbocycles. The molecule has 1 aromatic carbocycles. The van der Waals surface area contributed by atoms with Crippen molar-refractivity contribution in [3.8, 4) is 11.5 Å². The zero-order valence-electron chi connectivity index (χ0n) is 8.55. The molecular formula is C10H13ClFNO2. The van der Waals surface area contributed by atoms with Crippen molar-refractivity contribution in [1.82, 2.24) is 0 Å². The summed E-state index contributed by atoms with van der Waals surface area (Å²) >= 11 is 5.66.